The van der Waals surface area contributed by atoms with Gasteiger partial charge in [0.15, 0.2) is 0 Å². The van der Waals surface area contributed by atoms with Crippen LogP contribution in [0.1, 0.15) is 11.1 Å². The Hall–Kier alpha value is -3.32. The summed E-state index contributed by atoms with van der Waals surface area (Å²) >= 11 is 0. The molecule has 4 rings (SSSR count). The van der Waals surface area contributed by atoms with E-state index < -0.39 is 0 Å². The van der Waals surface area contributed by atoms with Gasteiger partial charge in [-0.25, -0.2) is 0 Å². The van der Waals surface area contributed by atoms with Crippen molar-refractivity contribution in [3.63, 3.8) is 0 Å². The first-order valence-corrected chi connectivity index (χ1v) is 9.23. The van der Waals surface area contributed by atoms with Crippen molar-refractivity contribution in [2.45, 2.75) is 13.8 Å². The fraction of sp³-hybridized carbons (Fsp3) is 0.0769. The lowest BCUT2D eigenvalue weighted by Crippen LogP contribution is -2.09. The van der Waals surface area contributed by atoms with Crippen molar-refractivity contribution in [2.24, 2.45) is 0 Å². The minimum Gasteiger partial charge on any atom is -0.311 e. The normalized spacial score (nSPS) is 9.85. The van der Waals surface area contributed by atoms with E-state index in [-0.39, 0.29) is 0 Å². The number of benzene rings is 4. The van der Waals surface area contributed by atoms with Gasteiger partial charge in [0.2, 0.25) is 0 Å². The Bertz CT molecular complexity index is 816. The van der Waals surface area contributed by atoms with Crippen molar-refractivity contribution in [3.05, 3.63) is 126 Å². The van der Waals surface area contributed by atoms with E-state index in [1.807, 2.05) is 18.2 Å². The van der Waals surface area contributed by atoms with Gasteiger partial charge >= 0.3 is 0 Å². The number of para-hydroxylation sites is 3. The van der Waals surface area contributed by atoms with Crippen LogP contribution in [0.5, 0.6) is 0 Å². The molecule has 0 N–H and O–H groups in total. The molecule has 0 amide bonds. The van der Waals surface area contributed by atoms with Gasteiger partial charge in [-0.1, -0.05) is 78.9 Å². The molecule has 0 heterocycles. The fourth-order valence-electron chi connectivity index (χ4n) is 2.84. The molecule has 0 aliphatic rings. The van der Waals surface area contributed by atoms with Gasteiger partial charge in [0, 0.05) is 17.1 Å². The molecule has 0 aliphatic carbocycles. The molecular formula is C26H25N. The maximum atomic E-state index is 2.25. The molecule has 0 aliphatic heterocycles. The quantitative estimate of drug-likeness (QED) is 0.370. The van der Waals surface area contributed by atoms with Crippen molar-refractivity contribution in [2.75, 3.05) is 4.90 Å². The van der Waals surface area contributed by atoms with Gasteiger partial charge in [-0.3, -0.25) is 0 Å². The Balaban J connectivity index is 0.000000221. The third kappa shape index (κ3) is 5.08. The lowest BCUT2D eigenvalue weighted by Gasteiger charge is -2.25. The summed E-state index contributed by atoms with van der Waals surface area (Å²) in [6, 6.07) is 39.6. The van der Waals surface area contributed by atoms with E-state index in [9.17, 15) is 0 Å². The highest BCUT2D eigenvalue weighted by Crippen LogP contribution is 2.33. The minimum atomic E-state index is 1.17. The van der Waals surface area contributed by atoms with E-state index in [1.54, 1.807) is 0 Å². The summed E-state index contributed by atoms with van der Waals surface area (Å²) in [4.78, 5) is 2.25. The first-order valence-electron chi connectivity index (χ1n) is 9.23. The average molecular weight is 351 g/mol. The average Bonchev–Trinajstić information content (AvgIpc) is 2.73. The maximum absolute atomic E-state index is 2.25. The molecule has 1 heteroatoms. The number of aryl methyl sites for hydroxylation is 2. The summed E-state index contributed by atoms with van der Waals surface area (Å²) in [5.41, 5.74) is 6.24. The van der Waals surface area contributed by atoms with Crippen molar-refractivity contribution in [1.29, 1.82) is 0 Å². The molecular weight excluding hydrogens is 326 g/mol. The molecule has 0 radical (unpaired) electrons. The van der Waals surface area contributed by atoms with Crippen molar-refractivity contribution in [1.82, 2.24) is 0 Å². The molecule has 0 fully saturated rings. The molecule has 4 aromatic carbocycles. The second-order valence-corrected chi connectivity index (χ2v) is 6.43. The van der Waals surface area contributed by atoms with Gasteiger partial charge in [-0.05, 0) is 61.4 Å². The van der Waals surface area contributed by atoms with E-state index >= 15 is 0 Å². The molecule has 0 aromatic heterocycles. The van der Waals surface area contributed by atoms with Gasteiger partial charge in [0.25, 0.3) is 0 Å². The molecule has 0 saturated carbocycles. The SMILES string of the molecule is Cc1ccccc1C.c1ccc(N(c2ccccc2)c2ccccc2)cc1. The van der Waals surface area contributed by atoms with E-state index in [0.717, 1.165) is 0 Å². The molecule has 27 heavy (non-hydrogen) atoms. The number of hydrogen-bond acceptors (Lipinski definition) is 1. The molecule has 0 unspecified atom stereocenters. The van der Waals surface area contributed by atoms with Crippen LogP contribution in [0.25, 0.3) is 0 Å². The van der Waals surface area contributed by atoms with Gasteiger partial charge in [0.1, 0.15) is 0 Å². The second-order valence-electron chi connectivity index (χ2n) is 6.43. The molecule has 1 nitrogen and oxygen atoms in total. The lowest BCUT2D eigenvalue weighted by atomic mass is 10.1. The fourth-order valence-corrected chi connectivity index (χ4v) is 2.84. The molecule has 0 atom stereocenters. The zero-order valence-corrected chi connectivity index (χ0v) is 15.9. The third-order valence-corrected chi connectivity index (χ3v) is 4.47. The highest BCUT2D eigenvalue weighted by Gasteiger charge is 2.10. The Morgan fingerprint density at radius 3 is 0.889 bits per heavy atom. The van der Waals surface area contributed by atoms with Crippen LogP contribution in [0.4, 0.5) is 17.1 Å². The molecule has 4 aromatic rings. The van der Waals surface area contributed by atoms with Crippen LogP contribution < -0.4 is 4.90 Å². The predicted octanol–water partition coefficient (Wildman–Crippen LogP) is 7.46. The van der Waals surface area contributed by atoms with E-state index in [2.05, 4.69) is 116 Å². The molecule has 0 spiro atoms. The Morgan fingerprint density at radius 1 is 0.370 bits per heavy atom. The van der Waals surface area contributed by atoms with Gasteiger partial charge in [-0.15, -0.1) is 0 Å². The largest absolute Gasteiger partial charge is 0.311 e. The van der Waals surface area contributed by atoms with E-state index in [4.69, 9.17) is 0 Å². The first-order chi connectivity index (χ1) is 13.3. The van der Waals surface area contributed by atoms with Crippen LogP contribution in [0.2, 0.25) is 0 Å². The summed E-state index contributed by atoms with van der Waals surface area (Å²) in [5, 5.41) is 0. The first kappa shape index (κ1) is 18.5. The molecule has 134 valence electrons. The topological polar surface area (TPSA) is 3.24 Å². The maximum Gasteiger partial charge on any atom is 0.0461 e. The minimum absolute atomic E-state index is 1.17. The second kappa shape index (κ2) is 9.40. The molecule has 0 bridgehead atoms. The smallest absolute Gasteiger partial charge is 0.0461 e. The third-order valence-electron chi connectivity index (χ3n) is 4.47. The van der Waals surface area contributed by atoms with Gasteiger partial charge < -0.3 is 4.90 Å². The van der Waals surface area contributed by atoms with Crippen LogP contribution >= 0.6 is 0 Å². The summed E-state index contributed by atoms with van der Waals surface area (Å²) in [7, 11) is 0. The summed E-state index contributed by atoms with van der Waals surface area (Å²) in [6.45, 7) is 4.24. The molecule has 0 saturated heterocycles. The van der Waals surface area contributed by atoms with Gasteiger partial charge in [-0.2, -0.15) is 0 Å². The predicted molar refractivity (Wildman–Crippen MR) is 117 cm³/mol. The standard InChI is InChI=1S/C18H15N.C8H10/c1-4-10-16(11-5-1)19(17-12-6-2-7-13-17)18-14-8-3-9-15-18;1-7-5-3-4-6-8(7)2/h1-15H;3-6H,1-2H3. The zero-order valence-electron chi connectivity index (χ0n) is 15.9. The zero-order chi connectivity index (χ0) is 18.9. The van der Waals surface area contributed by atoms with E-state index in [0.29, 0.717) is 0 Å². The van der Waals surface area contributed by atoms with Crippen molar-refractivity contribution >= 4 is 17.1 Å². The number of rotatable bonds is 3. The van der Waals surface area contributed by atoms with E-state index in [1.165, 1.54) is 28.2 Å². The number of nitrogens with zero attached hydrogens (tertiary/aromatic N) is 1. The summed E-state index contributed by atoms with van der Waals surface area (Å²) < 4.78 is 0. The Morgan fingerprint density at radius 2 is 0.630 bits per heavy atom. The van der Waals surface area contributed by atoms with Crippen LogP contribution in [-0.4, -0.2) is 0 Å². The highest BCUT2D eigenvalue weighted by atomic mass is 15.1. The lowest BCUT2D eigenvalue weighted by molar-refractivity contribution is 1.28. The van der Waals surface area contributed by atoms with Crippen LogP contribution in [-0.2, 0) is 0 Å². The van der Waals surface area contributed by atoms with Crippen LogP contribution in [0.15, 0.2) is 115 Å². The summed E-state index contributed by atoms with van der Waals surface area (Å²) in [5.74, 6) is 0. The van der Waals surface area contributed by atoms with Crippen LogP contribution in [0, 0.1) is 13.8 Å². The number of anilines is 3. The summed E-state index contributed by atoms with van der Waals surface area (Å²) in [6.07, 6.45) is 0. The Kier molecular flexibility index (Phi) is 6.43. The van der Waals surface area contributed by atoms with Crippen molar-refractivity contribution < 1.29 is 0 Å². The van der Waals surface area contributed by atoms with Crippen molar-refractivity contribution in [3.8, 4) is 0 Å². The number of hydrogen-bond donors (Lipinski definition) is 0. The highest BCUT2D eigenvalue weighted by molar-refractivity contribution is 5.76. The van der Waals surface area contributed by atoms with Gasteiger partial charge in [0.05, 0.1) is 0 Å². The van der Waals surface area contributed by atoms with Crippen LogP contribution in [0.3, 0.4) is 0 Å². The monoisotopic (exact) mass is 351 g/mol. The Labute approximate surface area is 162 Å².